The highest BCUT2D eigenvalue weighted by Gasteiger charge is 2.30. The normalized spacial score (nSPS) is 19.6. The van der Waals surface area contributed by atoms with Crippen LogP contribution in [-0.2, 0) is 11.0 Å². The highest BCUT2D eigenvalue weighted by atomic mass is 19.4. The van der Waals surface area contributed by atoms with Crippen molar-refractivity contribution < 1.29 is 18.0 Å². The third-order valence-corrected chi connectivity index (χ3v) is 4.04. The van der Waals surface area contributed by atoms with E-state index >= 15 is 0 Å². The third-order valence-electron chi connectivity index (χ3n) is 4.04. The lowest BCUT2D eigenvalue weighted by molar-refractivity contribution is -0.137. The fourth-order valence-electron chi connectivity index (χ4n) is 2.75. The van der Waals surface area contributed by atoms with Gasteiger partial charge in [0.05, 0.1) is 5.56 Å². The first-order chi connectivity index (χ1) is 10.9. The number of likely N-dealkylation sites (N-methyl/N-ethyl adjacent to an activating group) is 1. The molecule has 128 valence electrons. The maximum Gasteiger partial charge on any atom is 0.416 e. The van der Waals surface area contributed by atoms with Crippen LogP contribution in [0.15, 0.2) is 24.3 Å². The maximum absolute atomic E-state index is 12.6. The molecule has 0 spiro atoms. The summed E-state index contributed by atoms with van der Waals surface area (Å²) in [4.78, 5) is 14.1. The molecule has 1 aliphatic heterocycles. The Morgan fingerprint density at radius 2 is 2.17 bits per heavy atom. The number of hydrogen-bond donors (Lipinski definition) is 2. The standard InChI is InChI=1S/C16H22F3N3O/c1-20-14-6-3-8-22(11-14)9-7-15(23)21-13-5-2-4-12(10-13)16(17,18)19/h2,4-5,10,14,20H,3,6-9,11H2,1H3,(H,21,23). The van der Waals surface area contributed by atoms with Gasteiger partial charge < -0.3 is 15.5 Å². The first-order valence-corrected chi connectivity index (χ1v) is 7.75. The van der Waals surface area contributed by atoms with Crippen LogP contribution in [0.25, 0.3) is 0 Å². The molecular weight excluding hydrogens is 307 g/mol. The molecule has 1 saturated heterocycles. The fraction of sp³-hybridized carbons (Fsp3) is 0.562. The van der Waals surface area contributed by atoms with Gasteiger partial charge in [-0.3, -0.25) is 4.79 Å². The monoisotopic (exact) mass is 329 g/mol. The van der Waals surface area contributed by atoms with Crippen LogP contribution >= 0.6 is 0 Å². The van der Waals surface area contributed by atoms with Gasteiger partial charge in [-0.1, -0.05) is 6.07 Å². The summed E-state index contributed by atoms with van der Waals surface area (Å²) >= 11 is 0. The maximum atomic E-state index is 12.6. The molecule has 0 bridgehead atoms. The van der Waals surface area contributed by atoms with Crippen LogP contribution < -0.4 is 10.6 Å². The van der Waals surface area contributed by atoms with E-state index in [0.29, 0.717) is 12.6 Å². The van der Waals surface area contributed by atoms with Gasteiger partial charge in [0.2, 0.25) is 5.91 Å². The van der Waals surface area contributed by atoms with Gasteiger partial charge in [-0.15, -0.1) is 0 Å². The molecule has 1 fully saturated rings. The number of anilines is 1. The van der Waals surface area contributed by atoms with Crippen LogP contribution in [-0.4, -0.2) is 43.5 Å². The summed E-state index contributed by atoms with van der Waals surface area (Å²) in [5.41, 5.74) is -0.584. The number of carbonyl (C=O) groups is 1. The number of alkyl halides is 3. The number of benzene rings is 1. The lowest BCUT2D eigenvalue weighted by Crippen LogP contribution is -2.45. The van der Waals surface area contributed by atoms with Crippen LogP contribution in [0.3, 0.4) is 0 Å². The SMILES string of the molecule is CNC1CCCN(CCC(=O)Nc2cccc(C(F)(F)F)c2)C1. The van der Waals surface area contributed by atoms with Gasteiger partial charge in [0, 0.05) is 31.2 Å². The summed E-state index contributed by atoms with van der Waals surface area (Å²) in [5, 5.41) is 5.77. The van der Waals surface area contributed by atoms with Crippen molar-refractivity contribution in [1.29, 1.82) is 0 Å². The molecule has 1 aliphatic rings. The molecule has 1 amide bonds. The second-order valence-electron chi connectivity index (χ2n) is 5.81. The van der Waals surface area contributed by atoms with Gasteiger partial charge in [0.1, 0.15) is 0 Å². The Hall–Kier alpha value is -1.60. The zero-order chi connectivity index (χ0) is 16.9. The molecule has 0 radical (unpaired) electrons. The molecular formula is C16H22F3N3O. The summed E-state index contributed by atoms with van der Waals surface area (Å²) in [6.45, 7) is 2.46. The number of piperidine rings is 1. The first-order valence-electron chi connectivity index (χ1n) is 7.75. The van der Waals surface area contributed by atoms with Crippen molar-refractivity contribution in [1.82, 2.24) is 10.2 Å². The van der Waals surface area contributed by atoms with Gasteiger partial charge in [-0.05, 0) is 44.6 Å². The average Bonchev–Trinajstić information content (AvgIpc) is 2.52. The van der Waals surface area contributed by atoms with Crippen LogP contribution in [0, 0.1) is 0 Å². The number of amides is 1. The number of nitrogens with zero attached hydrogens (tertiary/aromatic N) is 1. The topological polar surface area (TPSA) is 44.4 Å². The number of halogens is 3. The molecule has 2 N–H and O–H groups in total. The number of likely N-dealkylation sites (tertiary alicyclic amines) is 1. The second-order valence-corrected chi connectivity index (χ2v) is 5.81. The largest absolute Gasteiger partial charge is 0.416 e. The van der Waals surface area contributed by atoms with Gasteiger partial charge in [0.25, 0.3) is 0 Å². The zero-order valence-corrected chi connectivity index (χ0v) is 13.1. The molecule has 4 nitrogen and oxygen atoms in total. The Kier molecular flexibility index (Phi) is 6.01. The van der Waals surface area contributed by atoms with E-state index in [1.807, 2.05) is 7.05 Å². The van der Waals surface area contributed by atoms with Gasteiger partial charge in [0.15, 0.2) is 0 Å². The molecule has 0 aromatic heterocycles. The Labute approximate surface area is 134 Å². The molecule has 1 aromatic carbocycles. The van der Waals surface area contributed by atoms with Crippen molar-refractivity contribution in [2.45, 2.75) is 31.5 Å². The molecule has 1 aromatic rings. The van der Waals surface area contributed by atoms with Gasteiger partial charge in [-0.2, -0.15) is 13.2 Å². The molecule has 1 atom stereocenters. The summed E-state index contributed by atoms with van der Waals surface area (Å²) in [7, 11) is 1.93. The summed E-state index contributed by atoms with van der Waals surface area (Å²) in [6.07, 6.45) is -1.92. The van der Waals surface area contributed by atoms with Crippen LogP contribution in [0.2, 0.25) is 0 Å². The van der Waals surface area contributed by atoms with Crippen molar-refractivity contribution in [3.05, 3.63) is 29.8 Å². The minimum Gasteiger partial charge on any atom is -0.326 e. The Bertz CT molecular complexity index is 534. The van der Waals surface area contributed by atoms with Gasteiger partial charge in [-0.25, -0.2) is 0 Å². The zero-order valence-electron chi connectivity index (χ0n) is 13.1. The lowest BCUT2D eigenvalue weighted by Gasteiger charge is -2.32. The Morgan fingerprint density at radius 1 is 1.39 bits per heavy atom. The number of hydrogen-bond acceptors (Lipinski definition) is 3. The summed E-state index contributed by atoms with van der Waals surface area (Å²) in [6, 6.07) is 5.14. The fourth-order valence-corrected chi connectivity index (χ4v) is 2.75. The smallest absolute Gasteiger partial charge is 0.326 e. The number of carbonyl (C=O) groups excluding carboxylic acids is 1. The molecule has 2 rings (SSSR count). The van der Waals surface area contributed by atoms with E-state index < -0.39 is 11.7 Å². The van der Waals surface area contributed by atoms with Crippen molar-refractivity contribution in [2.24, 2.45) is 0 Å². The van der Waals surface area contributed by atoms with E-state index in [-0.39, 0.29) is 18.0 Å². The number of rotatable bonds is 5. The minimum absolute atomic E-state index is 0.177. The van der Waals surface area contributed by atoms with Crippen LogP contribution in [0.5, 0.6) is 0 Å². The van der Waals surface area contributed by atoms with Crippen molar-refractivity contribution in [3.8, 4) is 0 Å². The first kappa shape index (κ1) is 17.7. The van der Waals surface area contributed by atoms with E-state index in [1.54, 1.807) is 0 Å². The third kappa shape index (κ3) is 5.51. The molecule has 1 unspecified atom stereocenters. The van der Waals surface area contributed by atoms with Crippen molar-refractivity contribution in [2.75, 3.05) is 32.0 Å². The summed E-state index contributed by atoms with van der Waals surface area (Å²) < 4.78 is 37.9. The molecule has 23 heavy (non-hydrogen) atoms. The highest BCUT2D eigenvalue weighted by molar-refractivity contribution is 5.90. The molecule has 7 heteroatoms. The Balaban J connectivity index is 1.83. The second kappa shape index (κ2) is 7.79. The van der Waals surface area contributed by atoms with E-state index in [9.17, 15) is 18.0 Å². The molecule has 0 aliphatic carbocycles. The van der Waals surface area contributed by atoms with Crippen LogP contribution in [0.1, 0.15) is 24.8 Å². The predicted molar refractivity (Wildman–Crippen MR) is 83.2 cm³/mol. The highest BCUT2D eigenvalue weighted by Crippen LogP contribution is 2.30. The lowest BCUT2D eigenvalue weighted by atomic mass is 10.1. The van der Waals surface area contributed by atoms with E-state index in [4.69, 9.17) is 0 Å². The quantitative estimate of drug-likeness (QED) is 0.873. The van der Waals surface area contributed by atoms with E-state index in [0.717, 1.165) is 38.1 Å². The van der Waals surface area contributed by atoms with E-state index in [2.05, 4.69) is 15.5 Å². The molecule has 0 saturated carbocycles. The Morgan fingerprint density at radius 3 is 2.87 bits per heavy atom. The number of nitrogens with one attached hydrogen (secondary N) is 2. The van der Waals surface area contributed by atoms with Crippen LogP contribution in [0.4, 0.5) is 18.9 Å². The van der Waals surface area contributed by atoms with Crippen molar-refractivity contribution >= 4 is 11.6 Å². The minimum atomic E-state index is -4.41. The van der Waals surface area contributed by atoms with Gasteiger partial charge >= 0.3 is 6.18 Å². The van der Waals surface area contributed by atoms with E-state index in [1.165, 1.54) is 12.1 Å². The molecule has 1 heterocycles. The predicted octanol–water partition coefficient (Wildman–Crippen LogP) is 2.72. The van der Waals surface area contributed by atoms with Crippen molar-refractivity contribution in [3.63, 3.8) is 0 Å². The summed E-state index contributed by atoms with van der Waals surface area (Å²) in [5.74, 6) is -0.268. The average molecular weight is 329 g/mol.